The van der Waals surface area contributed by atoms with E-state index in [1.54, 1.807) is 12.1 Å². The van der Waals surface area contributed by atoms with Crippen molar-refractivity contribution in [3.63, 3.8) is 0 Å². The van der Waals surface area contributed by atoms with Crippen LogP contribution in [0, 0.1) is 0 Å². The average molecular weight is 392 g/mol. The van der Waals surface area contributed by atoms with Crippen molar-refractivity contribution >= 4 is 11.6 Å². The number of piperidine rings is 1. The third kappa shape index (κ3) is 4.67. The summed E-state index contributed by atoms with van der Waals surface area (Å²) in [6, 6.07) is 18.1. The van der Waals surface area contributed by atoms with Gasteiger partial charge >= 0.3 is 0 Å². The predicted octanol–water partition coefficient (Wildman–Crippen LogP) is 4.25. The fourth-order valence-electron chi connectivity index (χ4n) is 4.20. The number of benzene rings is 2. The molecule has 152 valence electrons. The highest BCUT2D eigenvalue weighted by Gasteiger charge is 2.33. The summed E-state index contributed by atoms with van der Waals surface area (Å²) in [5.41, 5.74) is 3.07. The van der Waals surface area contributed by atoms with Gasteiger partial charge in [-0.2, -0.15) is 5.10 Å². The monoisotopic (exact) mass is 391 g/mol. The lowest BCUT2D eigenvalue weighted by molar-refractivity contribution is -0.133. The zero-order valence-electron chi connectivity index (χ0n) is 17.1. The third-order valence-corrected chi connectivity index (χ3v) is 5.84. The van der Waals surface area contributed by atoms with Gasteiger partial charge in [0.2, 0.25) is 5.91 Å². The molecule has 0 aliphatic carbocycles. The standard InChI is InChI=1S/C24H29N3O2/c1-29-21-12-8-11-20(17-21)22-18-23(19-9-4-2-5-10-19)27(25-22)24(28)13-16-26-14-6-3-7-15-26/h2,4-5,8-12,17,23H,3,6-7,13-16,18H2,1H3. The van der Waals surface area contributed by atoms with Gasteiger partial charge in [-0.3, -0.25) is 4.79 Å². The molecule has 29 heavy (non-hydrogen) atoms. The smallest absolute Gasteiger partial charge is 0.244 e. The molecule has 1 saturated heterocycles. The summed E-state index contributed by atoms with van der Waals surface area (Å²) >= 11 is 0. The Morgan fingerprint density at radius 3 is 2.62 bits per heavy atom. The Bertz CT molecular complexity index is 859. The van der Waals surface area contributed by atoms with Crippen molar-refractivity contribution in [2.24, 2.45) is 5.10 Å². The molecule has 2 heterocycles. The van der Waals surface area contributed by atoms with E-state index >= 15 is 0 Å². The third-order valence-electron chi connectivity index (χ3n) is 5.84. The van der Waals surface area contributed by atoms with Gasteiger partial charge in [-0.05, 0) is 43.6 Å². The van der Waals surface area contributed by atoms with Crippen LogP contribution in [0.15, 0.2) is 59.7 Å². The highest BCUT2D eigenvalue weighted by Crippen LogP contribution is 2.33. The molecule has 2 aliphatic heterocycles. The van der Waals surface area contributed by atoms with Crippen LogP contribution in [-0.2, 0) is 4.79 Å². The van der Waals surface area contributed by atoms with Crippen LogP contribution in [0.5, 0.6) is 5.75 Å². The van der Waals surface area contributed by atoms with E-state index in [0.29, 0.717) is 12.8 Å². The predicted molar refractivity (Wildman–Crippen MR) is 115 cm³/mol. The number of nitrogens with zero attached hydrogens (tertiary/aromatic N) is 3. The summed E-state index contributed by atoms with van der Waals surface area (Å²) in [6.07, 6.45) is 5.01. The first-order valence-electron chi connectivity index (χ1n) is 10.6. The molecule has 1 amide bonds. The topological polar surface area (TPSA) is 45.1 Å². The van der Waals surface area contributed by atoms with E-state index in [1.807, 2.05) is 42.5 Å². The van der Waals surface area contributed by atoms with Gasteiger partial charge in [0.05, 0.1) is 18.9 Å². The molecule has 4 rings (SSSR count). The van der Waals surface area contributed by atoms with Crippen LogP contribution in [0.3, 0.4) is 0 Å². The molecular formula is C24H29N3O2. The molecule has 0 radical (unpaired) electrons. The highest BCUT2D eigenvalue weighted by molar-refractivity contribution is 6.03. The van der Waals surface area contributed by atoms with Gasteiger partial charge in [0.15, 0.2) is 0 Å². The molecule has 0 N–H and O–H groups in total. The van der Waals surface area contributed by atoms with Crippen LogP contribution in [-0.4, -0.2) is 48.3 Å². The Balaban J connectivity index is 1.54. The van der Waals surface area contributed by atoms with Crippen molar-refractivity contribution < 1.29 is 9.53 Å². The summed E-state index contributed by atoms with van der Waals surface area (Å²) in [4.78, 5) is 15.5. The molecule has 2 aromatic carbocycles. The van der Waals surface area contributed by atoms with E-state index in [4.69, 9.17) is 9.84 Å². The fourth-order valence-corrected chi connectivity index (χ4v) is 4.20. The Morgan fingerprint density at radius 1 is 1.07 bits per heavy atom. The second kappa shape index (κ2) is 9.23. The summed E-state index contributed by atoms with van der Waals surface area (Å²) in [7, 11) is 1.67. The molecule has 0 spiro atoms. The maximum absolute atomic E-state index is 13.1. The quantitative estimate of drug-likeness (QED) is 0.740. The van der Waals surface area contributed by atoms with Gasteiger partial charge in [-0.1, -0.05) is 48.9 Å². The number of hydrazone groups is 1. The van der Waals surface area contributed by atoms with E-state index in [-0.39, 0.29) is 11.9 Å². The number of hydrogen-bond donors (Lipinski definition) is 0. The molecule has 2 aliphatic rings. The second-order valence-electron chi connectivity index (χ2n) is 7.80. The van der Waals surface area contributed by atoms with Crippen molar-refractivity contribution in [2.75, 3.05) is 26.7 Å². The minimum absolute atomic E-state index is 0.0498. The summed E-state index contributed by atoms with van der Waals surface area (Å²) in [6.45, 7) is 3.03. The van der Waals surface area contributed by atoms with Gasteiger partial charge in [-0.15, -0.1) is 0 Å². The van der Waals surface area contributed by atoms with Gasteiger partial charge in [0.1, 0.15) is 5.75 Å². The van der Waals surface area contributed by atoms with Crippen LogP contribution in [0.4, 0.5) is 0 Å². The van der Waals surface area contributed by atoms with Gasteiger partial charge in [-0.25, -0.2) is 5.01 Å². The van der Waals surface area contributed by atoms with Crippen LogP contribution in [0.1, 0.15) is 49.3 Å². The normalized spacial score (nSPS) is 19.8. The second-order valence-corrected chi connectivity index (χ2v) is 7.80. The zero-order valence-corrected chi connectivity index (χ0v) is 17.1. The minimum atomic E-state index is -0.0498. The van der Waals surface area contributed by atoms with Crippen molar-refractivity contribution in [1.82, 2.24) is 9.91 Å². The van der Waals surface area contributed by atoms with Crippen molar-refractivity contribution in [2.45, 2.75) is 38.1 Å². The first-order chi connectivity index (χ1) is 14.2. The Labute approximate surface area is 173 Å². The van der Waals surface area contributed by atoms with E-state index in [1.165, 1.54) is 19.3 Å². The molecule has 5 nitrogen and oxygen atoms in total. The number of carbonyl (C=O) groups is 1. The van der Waals surface area contributed by atoms with E-state index in [0.717, 1.165) is 42.2 Å². The van der Waals surface area contributed by atoms with Crippen LogP contribution < -0.4 is 4.74 Å². The molecule has 2 aromatic rings. The highest BCUT2D eigenvalue weighted by atomic mass is 16.5. The Hall–Kier alpha value is -2.66. The fraction of sp³-hybridized carbons (Fsp3) is 0.417. The Morgan fingerprint density at radius 2 is 1.86 bits per heavy atom. The van der Waals surface area contributed by atoms with E-state index in [2.05, 4.69) is 17.0 Å². The lowest BCUT2D eigenvalue weighted by atomic mass is 9.98. The van der Waals surface area contributed by atoms with Crippen molar-refractivity contribution in [3.8, 4) is 5.75 Å². The number of carbonyl (C=O) groups excluding carboxylic acids is 1. The largest absolute Gasteiger partial charge is 0.497 e. The number of hydrogen-bond acceptors (Lipinski definition) is 4. The number of methoxy groups -OCH3 is 1. The first-order valence-corrected chi connectivity index (χ1v) is 10.6. The Kier molecular flexibility index (Phi) is 6.25. The number of ether oxygens (including phenoxy) is 1. The van der Waals surface area contributed by atoms with Crippen LogP contribution >= 0.6 is 0 Å². The SMILES string of the molecule is COc1cccc(C2=NN(C(=O)CCN3CCCCC3)C(c3ccccc3)C2)c1. The number of rotatable bonds is 6. The van der Waals surface area contributed by atoms with Crippen LogP contribution in [0.25, 0.3) is 0 Å². The zero-order chi connectivity index (χ0) is 20.1. The number of likely N-dealkylation sites (tertiary alicyclic amines) is 1. The van der Waals surface area contributed by atoms with Gasteiger partial charge in [0.25, 0.3) is 0 Å². The summed E-state index contributed by atoms with van der Waals surface area (Å²) in [5, 5.41) is 6.50. The maximum atomic E-state index is 13.1. The average Bonchev–Trinajstić information content (AvgIpc) is 3.24. The molecular weight excluding hydrogens is 362 g/mol. The van der Waals surface area contributed by atoms with Gasteiger partial charge in [0, 0.05) is 24.9 Å². The summed E-state index contributed by atoms with van der Waals surface area (Å²) in [5.74, 6) is 0.902. The van der Waals surface area contributed by atoms with E-state index < -0.39 is 0 Å². The maximum Gasteiger partial charge on any atom is 0.244 e. The lowest BCUT2D eigenvalue weighted by Crippen LogP contribution is -2.35. The molecule has 0 aromatic heterocycles. The van der Waals surface area contributed by atoms with Gasteiger partial charge < -0.3 is 9.64 Å². The summed E-state index contributed by atoms with van der Waals surface area (Å²) < 4.78 is 5.36. The lowest BCUT2D eigenvalue weighted by Gasteiger charge is -2.27. The molecule has 1 unspecified atom stereocenters. The molecule has 0 bridgehead atoms. The molecule has 5 heteroatoms. The van der Waals surface area contributed by atoms with E-state index in [9.17, 15) is 4.79 Å². The van der Waals surface area contributed by atoms with Crippen LogP contribution in [0.2, 0.25) is 0 Å². The molecule has 1 atom stereocenters. The number of amides is 1. The minimum Gasteiger partial charge on any atom is -0.497 e. The first kappa shape index (κ1) is 19.6. The molecule has 1 fully saturated rings. The van der Waals surface area contributed by atoms with Crippen molar-refractivity contribution in [1.29, 1.82) is 0 Å². The van der Waals surface area contributed by atoms with Crippen molar-refractivity contribution in [3.05, 3.63) is 65.7 Å². The molecule has 0 saturated carbocycles.